The van der Waals surface area contributed by atoms with E-state index in [0.717, 1.165) is 14.7 Å². The van der Waals surface area contributed by atoms with Gasteiger partial charge in [0.05, 0.1) is 10.7 Å². The molecule has 34 heavy (non-hydrogen) atoms. The van der Waals surface area contributed by atoms with Crippen LogP contribution in [0.3, 0.4) is 0 Å². The van der Waals surface area contributed by atoms with E-state index >= 15 is 0 Å². The molecule has 2 rings (SSSR count). The fourth-order valence-electron chi connectivity index (χ4n) is 2.97. The van der Waals surface area contributed by atoms with Crippen LogP contribution < -0.4 is 15.4 Å². The summed E-state index contributed by atoms with van der Waals surface area (Å²) in [7, 11) is 1.24. The first-order valence-electron chi connectivity index (χ1n) is 10.8. The lowest BCUT2D eigenvalue weighted by molar-refractivity contribution is -0.144. The smallest absolute Gasteiger partial charge is 0.408 e. The van der Waals surface area contributed by atoms with E-state index in [1.54, 1.807) is 20.8 Å². The first-order valence-corrected chi connectivity index (χ1v) is 11.9. The number of nitrogens with one attached hydrogen (secondary N) is 2. The van der Waals surface area contributed by atoms with Crippen LogP contribution in [0, 0.1) is 3.57 Å². The van der Waals surface area contributed by atoms with Gasteiger partial charge in [0.25, 0.3) is 0 Å². The Bertz CT molecular complexity index is 991. The normalized spacial score (nSPS) is 12.8. The Hall–Kier alpha value is -2.82. The van der Waals surface area contributed by atoms with Crippen LogP contribution in [0.4, 0.5) is 4.79 Å². The molecular weight excluding hydrogens is 551 g/mol. The molecule has 0 heterocycles. The van der Waals surface area contributed by atoms with Crippen molar-refractivity contribution in [1.82, 2.24) is 10.6 Å². The van der Waals surface area contributed by atoms with E-state index in [2.05, 4.69) is 38.0 Å². The van der Waals surface area contributed by atoms with Crippen LogP contribution in [-0.2, 0) is 32.1 Å². The minimum Gasteiger partial charge on any atom is -0.488 e. The number of halogens is 1. The Labute approximate surface area is 213 Å². The number of benzene rings is 2. The zero-order chi connectivity index (χ0) is 25.3. The molecular formula is C25H31IN2O6. The summed E-state index contributed by atoms with van der Waals surface area (Å²) in [5.74, 6) is -0.393. The Morgan fingerprint density at radius 3 is 2.26 bits per heavy atom. The molecule has 9 heteroatoms. The molecule has 184 valence electrons. The van der Waals surface area contributed by atoms with Gasteiger partial charge in [-0.2, -0.15) is 0 Å². The average Bonchev–Trinajstić information content (AvgIpc) is 2.76. The maximum absolute atomic E-state index is 12.9. The molecule has 0 spiro atoms. The molecule has 0 bridgehead atoms. The summed E-state index contributed by atoms with van der Waals surface area (Å²) in [4.78, 5) is 36.9. The predicted molar refractivity (Wildman–Crippen MR) is 136 cm³/mol. The van der Waals surface area contributed by atoms with Gasteiger partial charge in [-0.15, -0.1) is 0 Å². The van der Waals surface area contributed by atoms with E-state index in [1.165, 1.54) is 14.0 Å². The van der Waals surface area contributed by atoms with Crippen LogP contribution in [0.2, 0.25) is 0 Å². The highest BCUT2D eigenvalue weighted by molar-refractivity contribution is 14.1. The zero-order valence-corrected chi connectivity index (χ0v) is 22.2. The molecule has 0 aliphatic rings. The second kappa shape index (κ2) is 12.6. The molecule has 0 aliphatic heterocycles. The molecule has 2 N–H and O–H groups in total. The molecule has 2 amide bonds. The molecule has 2 atom stereocenters. The van der Waals surface area contributed by atoms with E-state index < -0.39 is 35.7 Å². The van der Waals surface area contributed by atoms with Gasteiger partial charge in [0.1, 0.15) is 30.0 Å². The summed E-state index contributed by atoms with van der Waals surface area (Å²) in [5, 5.41) is 5.18. The summed E-state index contributed by atoms with van der Waals surface area (Å²) >= 11 is 2.17. The number of carbonyl (C=O) groups is 3. The third kappa shape index (κ3) is 9.20. The van der Waals surface area contributed by atoms with Crippen molar-refractivity contribution in [2.24, 2.45) is 0 Å². The third-order valence-electron chi connectivity index (χ3n) is 4.59. The highest BCUT2D eigenvalue weighted by atomic mass is 127. The van der Waals surface area contributed by atoms with E-state index in [1.807, 2.05) is 48.5 Å². The van der Waals surface area contributed by atoms with Crippen molar-refractivity contribution in [2.75, 3.05) is 7.11 Å². The van der Waals surface area contributed by atoms with Crippen LogP contribution in [0.15, 0.2) is 48.5 Å². The van der Waals surface area contributed by atoms with E-state index in [0.29, 0.717) is 12.4 Å². The molecule has 8 nitrogen and oxygen atoms in total. The number of carbonyl (C=O) groups excluding carboxylic acids is 3. The second-order valence-corrected chi connectivity index (χ2v) is 9.86. The van der Waals surface area contributed by atoms with E-state index in [4.69, 9.17) is 9.47 Å². The first kappa shape index (κ1) is 27.4. The highest BCUT2D eigenvalue weighted by Crippen LogP contribution is 2.24. The van der Waals surface area contributed by atoms with Gasteiger partial charge in [0, 0.05) is 6.42 Å². The lowest BCUT2D eigenvalue weighted by Gasteiger charge is -2.24. The minimum absolute atomic E-state index is 0.188. The van der Waals surface area contributed by atoms with Gasteiger partial charge in [-0.3, -0.25) is 4.79 Å². The average molecular weight is 582 g/mol. The number of hydrogen-bond acceptors (Lipinski definition) is 6. The second-order valence-electron chi connectivity index (χ2n) is 8.70. The van der Waals surface area contributed by atoms with Crippen molar-refractivity contribution in [3.63, 3.8) is 0 Å². The third-order valence-corrected chi connectivity index (χ3v) is 5.44. The van der Waals surface area contributed by atoms with Gasteiger partial charge in [-0.05, 0) is 73.5 Å². The summed E-state index contributed by atoms with van der Waals surface area (Å²) in [5.41, 5.74) is 1.14. The first-order chi connectivity index (χ1) is 16.0. The van der Waals surface area contributed by atoms with Crippen LogP contribution >= 0.6 is 22.6 Å². The Kier molecular flexibility index (Phi) is 10.2. The zero-order valence-electron chi connectivity index (χ0n) is 20.0. The fourth-order valence-corrected chi connectivity index (χ4v) is 3.70. The standard InChI is InChI=1S/C25H31IN2O6/c1-16(23(30)32-5)27-22(29)20(28-24(31)34-25(2,3)4)14-18-11-12-21(19(26)13-18)33-15-17-9-7-6-8-10-17/h6-13,16,20H,14-15H2,1-5H3,(H,27,29)(H,28,31)/t16-,20-/m0/s1. The van der Waals surface area contributed by atoms with Crippen molar-refractivity contribution < 1.29 is 28.6 Å². The van der Waals surface area contributed by atoms with Gasteiger partial charge in [-0.25, -0.2) is 9.59 Å². The van der Waals surface area contributed by atoms with Crippen molar-refractivity contribution in [3.05, 3.63) is 63.2 Å². The van der Waals surface area contributed by atoms with Crippen LogP contribution in [0.5, 0.6) is 5.75 Å². The lowest BCUT2D eigenvalue weighted by atomic mass is 10.0. The number of ether oxygens (including phenoxy) is 3. The summed E-state index contributed by atoms with van der Waals surface area (Å²) < 4.78 is 16.7. The SMILES string of the molecule is COC(=O)[C@H](C)NC(=O)[C@H](Cc1ccc(OCc2ccccc2)c(I)c1)NC(=O)OC(C)(C)C. The number of amides is 2. The minimum atomic E-state index is -0.964. The van der Waals surface area contributed by atoms with Gasteiger partial charge < -0.3 is 24.8 Å². The van der Waals surface area contributed by atoms with Gasteiger partial charge >= 0.3 is 12.1 Å². The molecule has 0 fully saturated rings. The predicted octanol–water partition coefficient (Wildman–Crippen LogP) is 3.98. The largest absolute Gasteiger partial charge is 0.488 e. The van der Waals surface area contributed by atoms with E-state index in [9.17, 15) is 14.4 Å². The molecule has 0 saturated carbocycles. The maximum atomic E-state index is 12.9. The van der Waals surface area contributed by atoms with Gasteiger partial charge in [0.2, 0.25) is 5.91 Å². The van der Waals surface area contributed by atoms with Crippen LogP contribution in [0.25, 0.3) is 0 Å². The lowest BCUT2D eigenvalue weighted by Crippen LogP contribution is -2.52. The number of hydrogen-bond donors (Lipinski definition) is 2. The molecule has 0 aliphatic carbocycles. The number of rotatable bonds is 9. The monoisotopic (exact) mass is 582 g/mol. The summed E-state index contributed by atoms with van der Waals surface area (Å²) in [6.45, 7) is 7.15. The van der Waals surface area contributed by atoms with Crippen molar-refractivity contribution >= 4 is 40.6 Å². The summed E-state index contributed by atoms with van der Waals surface area (Å²) in [6.07, 6.45) is -0.538. The van der Waals surface area contributed by atoms with Crippen LogP contribution in [0.1, 0.15) is 38.8 Å². The quantitative estimate of drug-likeness (QED) is 0.343. The molecule has 0 aromatic heterocycles. The van der Waals surface area contributed by atoms with Gasteiger partial charge in [-0.1, -0.05) is 36.4 Å². The summed E-state index contributed by atoms with van der Waals surface area (Å²) in [6, 6.07) is 13.6. The van der Waals surface area contributed by atoms with Crippen molar-refractivity contribution in [1.29, 1.82) is 0 Å². The maximum Gasteiger partial charge on any atom is 0.408 e. The number of esters is 1. The number of methoxy groups -OCH3 is 1. The molecule has 2 aromatic rings. The van der Waals surface area contributed by atoms with Crippen molar-refractivity contribution in [2.45, 2.75) is 58.4 Å². The number of alkyl carbamates (subject to hydrolysis) is 1. The highest BCUT2D eigenvalue weighted by Gasteiger charge is 2.27. The van der Waals surface area contributed by atoms with Crippen LogP contribution in [-0.4, -0.2) is 42.8 Å². The molecule has 0 saturated heterocycles. The topological polar surface area (TPSA) is 103 Å². The van der Waals surface area contributed by atoms with Gasteiger partial charge in [0.15, 0.2) is 0 Å². The fraction of sp³-hybridized carbons (Fsp3) is 0.400. The van der Waals surface area contributed by atoms with Crippen molar-refractivity contribution in [3.8, 4) is 5.75 Å². The van der Waals surface area contributed by atoms with E-state index in [-0.39, 0.29) is 6.42 Å². The Morgan fingerprint density at radius 2 is 1.68 bits per heavy atom. The molecule has 2 aromatic carbocycles. The Morgan fingerprint density at radius 1 is 1.00 bits per heavy atom. The Balaban J connectivity index is 2.13. The molecule has 0 unspecified atom stereocenters. The molecule has 0 radical (unpaired) electrons.